The topological polar surface area (TPSA) is 50.1 Å². The first-order valence-electron chi connectivity index (χ1n) is 5.57. The van der Waals surface area contributed by atoms with Crippen molar-refractivity contribution < 1.29 is 9.53 Å². The molecule has 0 saturated heterocycles. The van der Waals surface area contributed by atoms with Crippen molar-refractivity contribution in [1.82, 2.24) is 0 Å². The number of nitrogens with zero attached hydrogens (tertiary/aromatic N) is 1. The summed E-state index contributed by atoms with van der Waals surface area (Å²) in [5.74, 6) is 0.785. The van der Waals surface area contributed by atoms with Crippen molar-refractivity contribution >= 4 is 5.78 Å². The second-order valence-electron chi connectivity index (χ2n) is 4.51. The Balaban J connectivity index is 2.57. The standard InChI is InChI=1S/C14H17NO2/c1-14(2,10-15)13(16)9-6-11-4-7-12(17-3)8-5-11/h4-5,7-8H,6,9H2,1-3H3. The molecule has 90 valence electrons. The van der Waals surface area contributed by atoms with Crippen molar-refractivity contribution in [2.75, 3.05) is 7.11 Å². The number of nitriles is 1. The Hall–Kier alpha value is -1.82. The Morgan fingerprint density at radius 3 is 2.41 bits per heavy atom. The van der Waals surface area contributed by atoms with Gasteiger partial charge in [-0.2, -0.15) is 5.26 Å². The second-order valence-corrected chi connectivity index (χ2v) is 4.51. The number of Topliss-reactive ketones (excluding diaryl/α,β-unsaturated/α-hetero) is 1. The first kappa shape index (κ1) is 13.2. The van der Waals surface area contributed by atoms with Crippen LogP contribution in [0.15, 0.2) is 24.3 Å². The minimum Gasteiger partial charge on any atom is -0.497 e. The van der Waals surface area contributed by atoms with Crippen molar-refractivity contribution in [2.24, 2.45) is 5.41 Å². The molecule has 0 fully saturated rings. The van der Waals surface area contributed by atoms with Gasteiger partial charge in [0.15, 0.2) is 5.78 Å². The van der Waals surface area contributed by atoms with E-state index in [1.54, 1.807) is 21.0 Å². The van der Waals surface area contributed by atoms with Crippen LogP contribution in [0.2, 0.25) is 0 Å². The molecule has 3 heteroatoms. The molecule has 0 aliphatic heterocycles. The van der Waals surface area contributed by atoms with E-state index in [0.29, 0.717) is 12.8 Å². The maximum Gasteiger partial charge on any atom is 0.152 e. The van der Waals surface area contributed by atoms with Crippen molar-refractivity contribution in [3.8, 4) is 11.8 Å². The van der Waals surface area contributed by atoms with E-state index >= 15 is 0 Å². The molecule has 0 bridgehead atoms. The zero-order chi connectivity index (χ0) is 12.9. The molecule has 0 aliphatic rings. The molecule has 0 radical (unpaired) electrons. The largest absolute Gasteiger partial charge is 0.497 e. The Labute approximate surface area is 102 Å². The molecule has 0 spiro atoms. The van der Waals surface area contributed by atoms with E-state index in [1.807, 2.05) is 30.3 Å². The summed E-state index contributed by atoms with van der Waals surface area (Å²) in [4.78, 5) is 11.7. The fraction of sp³-hybridized carbons (Fsp3) is 0.429. The molecule has 0 aromatic heterocycles. The summed E-state index contributed by atoms with van der Waals surface area (Å²) in [5, 5.41) is 8.84. The molecule has 3 nitrogen and oxygen atoms in total. The van der Waals surface area contributed by atoms with Gasteiger partial charge in [0.05, 0.1) is 13.2 Å². The third-order valence-electron chi connectivity index (χ3n) is 2.78. The molecule has 0 atom stereocenters. The fourth-order valence-corrected chi connectivity index (χ4v) is 1.42. The van der Waals surface area contributed by atoms with E-state index in [-0.39, 0.29) is 5.78 Å². The molecule has 0 saturated carbocycles. The van der Waals surface area contributed by atoms with Gasteiger partial charge in [0, 0.05) is 6.42 Å². The van der Waals surface area contributed by atoms with Gasteiger partial charge in [-0.25, -0.2) is 0 Å². The van der Waals surface area contributed by atoms with Crippen molar-refractivity contribution in [3.05, 3.63) is 29.8 Å². The Kier molecular flexibility index (Phi) is 4.28. The zero-order valence-corrected chi connectivity index (χ0v) is 10.5. The van der Waals surface area contributed by atoms with Crippen molar-refractivity contribution in [2.45, 2.75) is 26.7 Å². The number of rotatable bonds is 5. The number of benzene rings is 1. The fourth-order valence-electron chi connectivity index (χ4n) is 1.42. The minimum atomic E-state index is -0.882. The average Bonchev–Trinajstić information content (AvgIpc) is 2.36. The van der Waals surface area contributed by atoms with Crippen molar-refractivity contribution in [1.29, 1.82) is 5.26 Å². The number of ether oxygens (including phenoxy) is 1. The summed E-state index contributed by atoms with van der Waals surface area (Å²) in [6.45, 7) is 3.31. The summed E-state index contributed by atoms with van der Waals surface area (Å²) in [6.07, 6.45) is 1.06. The zero-order valence-electron chi connectivity index (χ0n) is 10.5. The molecule has 0 N–H and O–H groups in total. The van der Waals surface area contributed by atoms with E-state index in [2.05, 4.69) is 0 Å². The van der Waals surface area contributed by atoms with Gasteiger partial charge >= 0.3 is 0 Å². The highest BCUT2D eigenvalue weighted by Gasteiger charge is 2.26. The van der Waals surface area contributed by atoms with Gasteiger partial charge in [-0.15, -0.1) is 0 Å². The Morgan fingerprint density at radius 1 is 1.35 bits per heavy atom. The minimum absolute atomic E-state index is 0.0178. The van der Waals surface area contributed by atoms with Gasteiger partial charge < -0.3 is 4.74 Å². The highest BCUT2D eigenvalue weighted by Crippen LogP contribution is 2.19. The van der Waals surface area contributed by atoms with Crippen LogP contribution in [0.4, 0.5) is 0 Å². The summed E-state index contributed by atoms with van der Waals surface area (Å²) in [7, 11) is 1.62. The van der Waals surface area contributed by atoms with Crippen molar-refractivity contribution in [3.63, 3.8) is 0 Å². The van der Waals surface area contributed by atoms with Crippen LogP contribution in [-0.2, 0) is 11.2 Å². The van der Waals surface area contributed by atoms with Crippen LogP contribution in [0, 0.1) is 16.7 Å². The molecule has 1 aromatic carbocycles. The number of carbonyl (C=O) groups excluding carboxylic acids is 1. The maximum absolute atomic E-state index is 11.7. The second kappa shape index (κ2) is 5.49. The molecule has 0 unspecified atom stereocenters. The highest BCUT2D eigenvalue weighted by molar-refractivity contribution is 5.86. The third-order valence-corrected chi connectivity index (χ3v) is 2.78. The monoisotopic (exact) mass is 231 g/mol. The molecule has 1 rings (SSSR count). The van der Waals surface area contributed by atoms with Crippen LogP contribution in [0.25, 0.3) is 0 Å². The molecule has 0 amide bonds. The molecule has 17 heavy (non-hydrogen) atoms. The molecular formula is C14H17NO2. The first-order valence-corrected chi connectivity index (χ1v) is 5.57. The highest BCUT2D eigenvalue weighted by atomic mass is 16.5. The summed E-state index contributed by atoms with van der Waals surface area (Å²) < 4.78 is 5.06. The van der Waals surface area contributed by atoms with Gasteiger partial charge in [0.25, 0.3) is 0 Å². The lowest BCUT2D eigenvalue weighted by Gasteiger charge is -2.13. The number of aryl methyl sites for hydroxylation is 1. The van der Waals surface area contributed by atoms with E-state index in [0.717, 1.165) is 11.3 Å². The lowest BCUT2D eigenvalue weighted by atomic mass is 9.87. The van der Waals surface area contributed by atoms with E-state index in [1.165, 1.54) is 0 Å². The normalized spacial score (nSPS) is 10.7. The lowest BCUT2D eigenvalue weighted by Crippen LogP contribution is -2.22. The smallest absolute Gasteiger partial charge is 0.152 e. The molecule has 0 heterocycles. The van der Waals surface area contributed by atoms with E-state index in [4.69, 9.17) is 10.00 Å². The predicted molar refractivity (Wildman–Crippen MR) is 65.7 cm³/mol. The van der Waals surface area contributed by atoms with E-state index < -0.39 is 5.41 Å². The predicted octanol–water partition coefficient (Wildman–Crippen LogP) is 2.75. The molecule has 0 aliphatic carbocycles. The maximum atomic E-state index is 11.7. The summed E-state index contributed by atoms with van der Waals surface area (Å²) >= 11 is 0. The lowest BCUT2D eigenvalue weighted by molar-refractivity contribution is -0.124. The van der Waals surface area contributed by atoms with Gasteiger partial charge in [0.2, 0.25) is 0 Å². The number of methoxy groups -OCH3 is 1. The first-order chi connectivity index (χ1) is 7.99. The number of hydrogen-bond donors (Lipinski definition) is 0. The van der Waals surface area contributed by atoms with Crippen LogP contribution in [-0.4, -0.2) is 12.9 Å². The van der Waals surface area contributed by atoms with Gasteiger partial charge in [-0.3, -0.25) is 4.79 Å². The van der Waals surface area contributed by atoms with Gasteiger partial charge in [-0.1, -0.05) is 12.1 Å². The average molecular weight is 231 g/mol. The Morgan fingerprint density at radius 2 is 1.94 bits per heavy atom. The number of carbonyl (C=O) groups is 1. The van der Waals surface area contributed by atoms with E-state index in [9.17, 15) is 4.79 Å². The molecular weight excluding hydrogens is 214 g/mol. The van der Waals surface area contributed by atoms with Gasteiger partial charge in [-0.05, 0) is 38.0 Å². The van der Waals surface area contributed by atoms with Crippen LogP contribution >= 0.6 is 0 Å². The van der Waals surface area contributed by atoms with Crippen LogP contribution in [0.5, 0.6) is 5.75 Å². The summed E-state index contributed by atoms with van der Waals surface area (Å²) in [5.41, 5.74) is 0.194. The Bertz CT molecular complexity index is 427. The summed E-state index contributed by atoms with van der Waals surface area (Å²) in [6, 6.07) is 9.64. The third kappa shape index (κ3) is 3.60. The quantitative estimate of drug-likeness (QED) is 0.782. The molecule has 1 aromatic rings. The van der Waals surface area contributed by atoms with Crippen LogP contribution < -0.4 is 4.74 Å². The number of ketones is 1. The SMILES string of the molecule is COc1ccc(CCC(=O)C(C)(C)C#N)cc1. The van der Waals surface area contributed by atoms with Gasteiger partial charge in [0.1, 0.15) is 11.2 Å². The van der Waals surface area contributed by atoms with Crippen LogP contribution in [0.3, 0.4) is 0 Å². The van der Waals surface area contributed by atoms with Crippen LogP contribution in [0.1, 0.15) is 25.8 Å². The number of hydrogen-bond acceptors (Lipinski definition) is 3.